The van der Waals surface area contributed by atoms with E-state index in [0.717, 1.165) is 20.1 Å². The minimum atomic E-state index is 0.396. The minimum Gasteiger partial charge on any atom is -0.490 e. The summed E-state index contributed by atoms with van der Waals surface area (Å²) in [6.45, 7) is 2.78. The predicted octanol–water partition coefficient (Wildman–Crippen LogP) is 8.56. The Labute approximate surface area is 208 Å². The molecule has 3 nitrogen and oxygen atoms in total. The molecule has 0 amide bonds. The molecule has 0 saturated carbocycles. The third kappa shape index (κ3) is 6.27. The Morgan fingerprint density at radius 1 is 1.00 bits per heavy atom. The van der Waals surface area contributed by atoms with Crippen LogP contribution in [0.15, 0.2) is 63.5 Å². The maximum atomic E-state index is 9.66. The third-order valence-electron chi connectivity index (χ3n) is 4.29. The fraction of sp³-hybridized carbons (Fsp3) is 0.125. The average Bonchev–Trinajstić information content (AvgIpc) is 2.75. The molecule has 0 atom stereocenters. The van der Waals surface area contributed by atoms with Crippen LogP contribution in [0.25, 0.3) is 11.6 Å². The first-order valence-electron chi connectivity index (χ1n) is 9.32. The van der Waals surface area contributed by atoms with E-state index in [0.29, 0.717) is 45.9 Å². The van der Waals surface area contributed by atoms with Gasteiger partial charge in [0.25, 0.3) is 0 Å². The Hall–Kier alpha value is -1.97. The average molecular weight is 582 g/mol. The molecule has 0 saturated heterocycles. The predicted molar refractivity (Wildman–Crippen MR) is 134 cm³/mol. The van der Waals surface area contributed by atoms with Crippen molar-refractivity contribution in [3.05, 3.63) is 90.3 Å². The zero-order chi connectivity index (χ0) is 22.4. The van der Waals surface area contributed by atoms with Gasteiger partial charge in [0.15, 0.2) is 11.5 Å². The smallest absolute Gasteiger partial charge is 0.175 e. The number of nitrogens with zero attached hydrogens (tertiary/aromatic N) is 1. The highest BCUT2D eigenvalue weighted by Crippen LogP contribution is 2.38. The molecule has 0 aromatic heterocycles. The van der Waals surface area contributed by atoms with Gasteiger partial charge in [-0.2, -0.15) is 5.26 Å². The Kier molecular flexibility index (Phi) is 8.45. The molecule has 0 bridgehead atoms. The summed E-state index contributed by atoms with van der Waals surface area (Å²) in [4.78, 5) is 0. The molecule has 158 valence electrons. The first-order valence-corrected chi connectivity index (χ1v) is 11.7. The van der Waals surface area contributed by atoms with Crippen LogP contribution in [-0.2, 0) is 6.61 Å². The number of benzene rings is 3. The molecular formula is C24H17Br2Cl2NO2. The maximum absolute atomic E-state index is 9.66. The van der Waals surface area contributed by atoms with E-state index < -0.39 is 0 Å². The van der Waals surface area contributed by atoms with Gasteiger partial charge in [-0.05, 0) is 82.0 Å². The van der Waals surface area contributed by atoms with Gasteiger partial charge >= 0.3 is 0 Å². The molecule has 0 aliphatic heterocycles. The lowest BCUT2D eigenvalue weighted by molar-refractivity contribution is 0.267. The van der Waals surface area contributed by atoms with E-state index in [-0.39, 0.29) is 0 Å². The number of hydrogen-bond acceptors (Lipinski definition) is 3. The first-order chi connectivity index (χ1) is 14.9. The molecule has 0 N–H and O–H groups in total. The second-order valence-corrected chi connectivity index (χ2v) is 9.06. The SMILES string of the molecule is CCOc1cc(/C=C(/C#N)c2ccc(Cl)c(Cl)c2)cc(Br)c1OCc1ccc(Br)cc1. The molecule has 0 heterocycles. The normalized spacial score (nSPS) is 11.2. The van der Waals surface area contributed by atoms with Gasteiger partial charge in [0.2, 0.25) is 0 Å². The minimum absolute atomic E-state index is 0.396. The third-order valence-corrected chi connectivity index (χ3v) is 6.15. The van der Waals surface area contributed by atoms with E-state index in [2.05, 4.69) is 37.9 Å². The summed E-state index contributed by atoms with van der Waals surface area (Å²) in [7, 11) is 0. The highest BCUT2D eigenvalue weighted by molar-refractivity contribution is 9.10. The molecule has 3 aromatic carbocycles. The number of hydrogen-bond donors (Lipinski definition) is 0. The number of halogens is 4. The Morgan fingerprint density at radius 2 is 1.74 bits per heavy atom. The van der Waals surface area contributed by atoms with Crippen LogP contribution < -0.4 is 9.47 Å². The van der Waals surface area contributed by atoms with Crippen molar-refractivity contribution in [3.63, 3.8) is 0 Å². The molecular weight excluding hydrogens is 565 g/mol. The summed E-state index contributed by atoms with van der Waals surface area (Å²) in [6, 6.07) is 19.0. The van der Waals surface area contributed by atoms with Gasteiger partial charge < -0.3 is 9.47 Å². The molecule has 3 rings (SSSR count). The lowest BCUT2D eigenvalue weighted by Crippen LogP contribution is -2.01. The Morgan fingerprint density at radius 3 is 2.39 bits per heavy atom. The van der Waals surface area contributed by atoms with Crippen molar-refractivity contribution < 1.29 is 9.47 Å². The van der Waals surface area contributed by atoms with Gasteiger partial charge in [-0.25, -0.2) is 0 Å². The number of allylic oxidation sites excluding steroid dienone is 1. The number of ether oxygens (including phenoxy) is 2. The van der Waals surface area contributed by atoms with Crippen molar-refractivity contribution in [1.82, 2.24) is 0 Å². The highest BCUT2D eigenvalue weighted by atomic mass is 79.9. The van der Waals surface area contributed by atoms with Gasteiger partial charge in [0, 0.05) is 4.47 Å². The van der Waals surface area contributed by atoms with Crippen LogP contribution in [0.5, 0.6) is 11.5 Å². The van der Waals surface area contributed by atoms with Crippen LogP contribution in [0.4, 0.5) is 0 Å². The van der Waals surface area contributed by atoms with Crippen molar-refractivity contribution in [2.24, 2.45) is 0 Å². The quantitative estimate of drug-likeness (QED) is 0.207. The topological polar surface area (TPSA) is 42.2 Å². The standard InChI is InChI=1S/C24H17Br2Cl2NO2/c1-2-30-23-11-16(9-18(13-29)17-5-8-21(27)22(28)12-17)10-20(26)24(23)31-14-15-3-6-19(25)7-4-15/h3-12H,2,14H2,1H3/b18-9-. The van der Waals surface area contributed by atoms with Crippen LogP contribution in [0.1, 0.15) is 23.6 Å². The fourth-order valence-corrected chi connectivity index (χ4v) is 3.96. The number of rotatable bonds is 7. The molecule has 0 aliphatic carbocycles. The van der Waals surface area contributed by atoms with Crippen LogP contribution in [-0.4, -0.2) is 6.61 Å². The van der Waals surface area contributed by atoms with Gasteiger partial charge in [0.1, 0.15) is 6.61 Å². The lowest BCUT2D eigenvalue weighted by Gasteiger charge is -2.15. The second-order valence-electron chi connectivity index (χ2n) is 6.48. The van der Waals surface area contributed by atoms with E-state index in [4.69, 9.17) is 32.7 Å². The van der Waals surface area contributed by atoms with Crippen molar-refractivity contribution >= 4 is 66.7 Å². The van der Waals surface area contributed by atoms with Gasteiger partial charge in [-0.3, -0.25) is 0 Å². The summed E-state index contributed by atoms with van der Waals surface area (Å²) >= 11 is 19.1. The van der Waals surface area contributed by atoms with Crippen molar-refractivity contribution in [3.8, 4) is 17.6 Å². The Balaban J connectivity index is 1.92. The maximum Gasteiger partial charge on any atom is 0.175 e. The monoisotopic (exact) mass is 579 g/mol. The van der Waals surface area contributed by atoms with E-state index >= 15 is 0 Å². The van der Waals surface area contributed by atoms with Crippen LogP contribution in [0.2, 0.25) is 10.0 Å². The summed E-state index contributed by atoms with van der Waals surface area (Å²) in [6.07, 6.45) is 1.77. The van der Waals surface area contributed by atoms with Crippen molar-refractivity contribution in [2.75, 3.05) is 6.61 Å². The largest absolute Gasteiger partial charge is 0.490 e. The van der Waals surface area contributed by atoms with Crippen LogP contribution in [0.3, 0.4) is 0 Å². The molecule has 0 radical (unpaired) electrons. The van der Waals surface area contributed by atoms with E-state index in [1.54, 1.807) is 24.3 Å². The molecule has 0 spiro atoms. The van der Waals surface area contributed by atoms with E-state index in [9.17, 15) is 5.26 Å². The van der Waals surface area contributed by atoms with Gasteiger partial charge in [0.05, 0.1) is 32.8 Å². The summed E-state index contributed by atoms with van der Waals surface area (Å²) < 4.78 is 13.6. The molecule has 0 fully saturated rings. The van der Waals surface area contributed by atoms with Crippen molar-refractivity contribution in [1.29, 1.82) is 5.26 Å². The zero-order valence-electron chi connectivity index (χ0n) is 16.5. The van der Waals surface area contributed by atoms with Gasteiger partial charge in [-0.15, -0.1) is 0 Å². The number of nitriles is 1. The lowest BCUT2D eigenvalue weighted by atomic mass is 10.0. The summed E-state index contributed by atoms with van der Waals surface area (Å²) in [5, 5.41) is 10.5. The summed E-state index contributed by atoms with van der Waals surface area (Å²) in [5.41, 5.74) is 2.96. The first kappa shape index (κ1) is 23.7. The molecule has 0 unspecified atom stereocenters. The van der Waals surface area contributed by atoms with Crippen LogP contribution >= 0.6 is 55.1 Å². The zero-order valence-corrected chi connectivity index (χ0v) is 21.1. The fourth-order valence-electron chi connectivity index (χ4n) is 2.82. The van der Waals surface area contributed by atoms with E-state index in [1.165, 1.54) is 0 Å². The molecule has 7 heteroatoms. The molecule has 31 heavy (non-hydrogen) atoms. The second kappa shape index (κ2) is 11.1. The van der Waals surface area contributed by atoms with Crippen molar-refractivity contribution in [2.45, 2.75) is 13.5 Å². The van der Waals surface area contributed by atoms with E-state index in [1.807, 2.05) is 43.3 Å². The highest BCUT2D eigenvalue weighted by Gasteiger charge is 2.13. The Bertz CT molecular complexity index is 1160. The van der Waals surface area contributed by atoms with Gasteiger partial charge in [-0.1, -0.05) is 57.3 Å². The van der Waals surface area contributed by atoms with Crippen LogP contribution in [0, 0.1) is 11.3 Å². The summed E-state index contributed by atoms with van der Waals surface area (Å²) in [5.74, 6) is 1.20. The molecule has 0 aliphatic rings. The molecule has 3 aromatic rings.